The summed E-state index contributed by atoms with van der Waals surface area (Å²) in [4.78, 5) is 24.2. The largest absolute Gasteiger partial charge is 0.396 e. The fourth-order valence-corrected chi connectivity index (χ4v) is 7.36. The monoisotopic (exact) mass is 362 g/mol. The number of aliphatic hydroxyl groups excluding tert-OH is 3. The molecular formula is C21H30O5. The molecule has 5 nitrogen and oxygen atoms in total. The van der Waals surface area contributed by atoms with Crippen LogP contribution in [0.1, 0.15) is 51.9 Å². The van der Waals surface area contributed by atoms with E-state index in [0.29, 0.717) is 19.3 Å². The van der Waals surface area contributed by atoms with E-state index in [1.54, 1.807) is 0 Å². The Kier molecular flexibility index (Phi) is 4.41. The van der Waals surface area contributed by atoms with Crippen LogP contribution in [-0.4, -0.2) is 46.2 Å². The van der Waals surface area contributed by atoms with Gasteiger partial charge in [0.15, 0.2) is 11.6 Å². The van der Waals surface area contributed by atoms with Crippen molar-refractivity contribution in [1.82, 2.24) is 0 Å². The molecule has 7 atom stereocenters. The molecule has 0 amide bonds. The zero-order valence-electron chi connectivity index (χ0n) is 15.5. The number of carbonyl (C=O) groups excluding carboxylic acids is 2. The van der Waals surface area contributed by atoms with E-state index in [0.717, 1.165) is 25.7 Å². The van der Waals surface area contributed by atoms with E-state index < -0.39 is 18.1 Å². The van der Waals surface area contributed by atoms with Gasteiger partial charge in [-0.05, 0) is 67.8 Å². The fourth-order valence-electron chi connectivity index (χ4n) is 7.36. The number of fused-ring (bicyclic) bond motifs is 5. The number of hydrogen-bond donors (Lipinski definition) is 3. The second-order valence-electron chi connectivity index (χ2n) is 9.31. The second-order valence-corrected chi connectivity index (χ2v) is 9.31. The molecule has 0 bridgehead atoms. The molecule has 0 aromatic rings. The summed E-state index contributed by atoms with van der Waals surface area (Å²) >= 11 is 0. The van der Waals surface area contributed by atoms with Gasteiger partial charge >= 0.3 is 0 Å². The second kappa shape index (κ2) is 6.25. The van der Waals surface area contributed by atoms with Crippen molar-refractivity contribution in [2.45, 2.75) is 58.0 Å². The minimum absolute atomic E-state index is 0.0863. The first-order chi connectivity index (χ1) is 12.4. The smallest absolute Gasteiger partial charge is 0.161 e. The van der Waals surface area contributed by atoms with Gasteiger partial charge in [-0.3, -0.25) is 9.59 Å². The highest BCUT2D eigenvalue weighted by molar-refractivity contribution is 5.91. The number of aliphatic hydroxyl groups is 3. The summed E-state index contributed by atoms with van der Waals surface area (Å²) < 4.78 is 0. The molecule has 0 radical (unpaired) electrons. The minimum Gasteiger partial charge on any atom is -0.396 e. The molecule has 0 saturated heterocycles. The van der Waals surface area contributed by atoms with Gasteiger partial charge in [-0.15, -0.1) is 0 Å². The summed E-state index contributed by atoms with van der Waals surface area (Å²) in [6.07, 6.45) is 6.31. The van der Waals surface area contributed by atoms with Crippen LogP contribution >= 0.6 is 0 Å². The van der Waals surface area contributed by atoms with Crippen molar-refractivity contribution in [3.8, 4) is 0 Å². The van der Waals surface area contributed by atoms with Gasteiger partial charge in [0.1, 0.15) is 6.61 Å². The van der Waals surface area contributed by atoms with Gasteiger partial charge in [0.05, 0.1) is 6.10 Å². The highest BCUT2D eigenvalue weighted by Gasteiger charge is 2.64. The van der Waals surface area contributed by atoms with Crippen molar-refractivity contribution < 1.29 is 24.9 Å². The lowest BCUT2D eigenvalue weighted by Gasteiger charge is -2.60. The van der Waals surface area contributed by atoms with Crippen LogP contribution in [0.5, 0.6) is 0 Å². The van der Waals surface area contributed by atoms with E-state index in [9.17, 15) is 24.9 Å². The van der Waals surface area contributed by atoms with Crippen molar-refractivity contribution in [2.75, 3.05) is 13.2 Å². The van der Waals surface area contributed by atoms with Crippen LogP contribution in [0.2, 0.25) is 0 Å². The van der Waals surface area contributed by atoms with E-state index >= 15 is 0 Å². The maximum Gasteiger partial charge on any atom is 0.161 e. The van der Waals surface area contributed by atoms with Gasteiger partial charge in [0.2, 0.25) is 0 Å². The van der Waals surface area contributed by atoms with Gasteiger partial charge in [0.25, 0.3) is 0 Å². The summed E-state index contributed by atoms with van der Waals surface area (Å²) in [5.41, 5.74) is 0.436. The molecule has 3 saturated carbocycles. The van der Waals surface area contributed by atoms with Crippen molar-refractivity contribution >= 4 is 11.6 Å². The van der Waals surface area contributed by atoms with Crippen LogP contribution in [0.3, 0.4) is 0 Å². The van der Waals surface area contributed by atoms with Crippen LogP contribution < -0.4 is 0 Å². The number of hydrogen-bond acceptors (Lipinski definition) is 5. The van der Waals surface area contributed by atoms with Crippen LogP contribution in [0.15, 0.2) is 11.6 Å². The van der Waals surface area contributed by atoms with Crippen molar-refractivity contribution in [3.05, 3.63) is 11.6 Å². The summed E-state index contributed by atoms with van der Waals surface area (Å²) in [6.45, 7) is 1.60. The van der Waals surface area contributed by atoms with Crippen LogP contribution in [-0.2, 0) is 9.59 Å². The molecule has 4 aliphatic rings. The van der Waals surface area contributed by atoms with E-state index in [1.807, 2.05) is 6.08 Å². The molecule has 0 aliphatic heterocycles. The van der Waals surface area contributed by atoms with Gasteiger partial charge in [-0.1, -0.05) is 12.5 Å². The maximum absolute atomic E-state index is 12.3. The Bertz CT molecular complexity index is 655. The molecule has 4 rings (SSSR count). The lowest BCUT2D eigenvalue weighted by molar-refractivity contribution is -0.158. The minimum atomic E-state index is -0.595. The van der Waals surface area contributed by atoms with Crippen LogP contribution in [0, 0.1) is 34.5 Å². The molecule has 0 unspecified atom stereocenters. The molecule has 0 spiro atoms. The predicted octanol–water partition coefficient (Wildman–Crippen LogP) is 1.64. The normalized spacial score (nSPS) is 47.6. The van der Waals surface area contributed by atoms with Gasteiger partial charge < -0.3 is 15.3 Å². The highest BCUT2D eigenvalue weighted by Crippen LogP contribution is 2.66. The van der Waals surface area contributed by atoms with Crippen LogP contribution in [0.4, 0.5) is 0 Å². The average Bonchev–Trinajstić information content (AvgIpc) is 3.00. The molecule has 0 heterocycles. The molecule has 5 heteroatoms. The summed E-state index contributed by atoms with van der Waals surface area (Å²) in [7, 11) is 0. The summed E-state index contributed by atoms with van der Waals surface area (Å²) in [6, 6.07) is 0. The number of ketones is 2. The topological polar surface area (TPSA) is 94.8 Å². The van der Waals surface area contributed by atoms with Crippen LogP contribution in [0.25, 0.3) is 0 Å². The standard InChI is InChI=1S/C21H30O5/c1-20-7-6-13(24)8-12(20)2-3-14-15-4-5-16(18(26)10-22)21(15,11-23)9-17(25)19(14)20/h8,14-17,19,22-23,25H,2-7,9-11H2,1H3/t14-,15-,16-,17+,19-,20+,21-/m1/s1. The Morgan fingerprint density at radius 3 is 2.69 bits per heavy atom. The SMILES string of the molecule is C[C@]12CCC(=O)C=C1CC[C@H]1[C@@H]2[C@@H](O)C[C@]2(CO)[C@@H](C(=O)CO)CC[C@H]12. The lowest BCUT2D eigenvalue weighted by Crippen LogP contribution is -2.59. The number of allylic oxidation sites excluding steroid dienone is 1. The zero-order valence-corrected chi connectivity index (χ0v) is 15.5. The maximum atomic E-state index is 12.3. The van der Waals surface area contributed by atoms with Gasteiger partial charge in [-0.2, -0.15) is 0 Å². The summed E-state index contributed by atoms with van der Waals surface area (Å²) in [5.74, 6) is 0.202. The number of carbonyl (C=O) groups is 2. The first-order valence-corrected chi connectivity index (χ1v) is 10.0. The van der Waals surface area contributed by atoms with Crippen molar-refractivity contribution in [3.63, 3.8) is 0 Å². The highest BCUT2D eigenvalue weighted by atomic mass is 16.3. The molecule has 26 heavy (non-hydrogen) atoms. The Morgan fingerprint density at radius 2 is 2.00 bits per heavy atom. The molecule has 3 fully saturated rings. The van der Waals surface area contributed by atoms with Gasteiger partial charge in [-0.25, -0.2) is 0 Å². The molecule has 144 valence electrons. The summed E-state index contributed by atoms with van der Waals surface area (Å²) in [5, 5.41) is 30.9. The quantitative estimate of drug-likeness (QED) is 0.709. The molecular weight excluding hydrogens is 332 g/mol. The Balaban J connectivity index is 1.72. The number of Topliss-reactive ketones (excluding diaryl/α,β-unsaturated/α-hetero) is 1. The average molecular weight is 362 g/mol. The van der Waals surface area contributed by atoms with E-state index in [2.05, 4.69) is 6.92 Å². The third-order valence-electron chi connectivity index (χ3n) is 8.46. The first-order valence-electron chi connectivity index (χ1n) is 10.0. The third-order valence-corrected chi connectivity index (χ3v) is 8.46. The molecule has 0 aromatic carbocycles. The predicted molar refractivity (Wildman–Crippen MR) is 95.1 cm³/mol. The first kappa shape index (κ1) is 18.3. The Labute approximate surface area is 154 Å². The molecule has 4 aliphatic carbocycles. The lowest BCUT2D eigenvalue weighted by atomic mass is 9.45. The molecule has 0 aromatic heterocycles. The van der Waals surface area contributed by atoms with Crippen molar-refractivity contribution in [2.24, 2.45) is 34.5 Å². The fraction of sp³-hybridized carbons (Fsp3) is 0.810. The van der Waals surface area contributed by atoms with E-state index in [4.69, 9.17) is 0 Å². The zero-order chi connectivity index (χ0) is 18.7. The van der Waals surface area contributed by atoms with E-state index in [1.165, 1.54) is 5.57 Å². The van der Waals surface area contributed by atoms with Gasteiger partial charge in [0, 0.05) is 24.4 Å². The number of rotatable bonds is 3. The molecule has 3 N–H and O–H groups in total. The van der Waals surface area contributed by atoms with E-state index in [-0.39, 0.29) is 47.3 Å². The third kappa shape index (κ3) is 2.33. The Morgan fingerprint density at radius 1 is 1.23 bits per heavy atom. The van der Waals surface area contributed by atoms with Crippen molar-refractivity contribution in [1.29, 1.82) is 0 Å². The Hall–Kier alpha value is -1.04.